The lowest BCUT2D eigenvalue weighted by Gasteiger charge is -2.23. The molecule has 4 aromatic rings. The van der Waals surface area contributed by atoms with Gasteiger partial charge in [-0.1, -0.05) is 30.3 Å². The van der Waals surface area contributed by atoms with E-state index in [2.05, 4.69) is 20.0 Å². The van der Waals surface area contributed by atoms with Crippen LogP contribution in [-0.4, -0.2) is 44.1 Å². The summed E-state index contributed by atoms with van der Waals surface area (Å²) in [5.41, 5.74) is 4.14. The second-order valence-corrected chi connectivity index (χ2v) is 11.2. The molecule has 40 heavy (non-hydrogen) atoms. The maximum absolute atomic E-state index is 13.3. The summed E-state index contributed by atoms with van der Waals surface area (Å²) < 4.78 is 46.8. The first-order valence-electron chi connectivity index (χ1n) is 12.7. The molecule has 1 amide bonds. The number of ether oxygens (including phenoxy) is 3. The quantitative estimate of drug-likeness (QED) is 0.375. The van der Waals surface area contributed by atoms with Gasteiger partial charge in [0.1, 0.15) is 19.3 Å². The maximum atomic E-state index is 13.3. The number of benzene rings is 3. The molecule has 0 saturated carbocycles. The van der Waals surface area contributed by atoms with Gasteiger partial charge < -0.3 is 19.5 Å². The molecule has 0 radical (unpaired) electrons. The molecule has 1 aromatic heterocycles. The molecule has 10 nitrogen and oxygen atoms in total. The van der Waals surface area contributed by atoms with E-state index in [1.165, 1.54) is 18.2 Å². The molecule has 0 spiro atoms. The van der Waals surface area contributed by atoms with Crippen LogP contribution in [0.5, 0.6) is 17.4 Å². The van der Waals surface area contributed by atoms with Crippen molar-refractivity contribution in [3.05, 3.63) is 89.0 Å². The number of anilines is 1. The first-order valence-corrected chi connectivity index (χ1v) is 14.2. The highest BCUT2D eigenvalue weighted by molar-refractivity contribution is 7.92. The number of sulfonamides is 1. The van der Waals surface area contributed by atoms with Crippen molar-refractivity contribution in [1.82, 2.24) is 15.3 Å². The molecule has 2 aliphatic heterocycles. The number of carbonyl (C=O) groups is 1. The van der Waals surface area contributed by atoms with Crippen molar-refractivity contribution in [3.8, 4) is 28.6 Å². The van der Waals surface area contributed by atoms with Crippen LogP contribution in [0.15, 0.2) is 71.6 Å². The summed E-state index contributed by atoms with van der Waals surface area (Å²) in [4.78, 5) is 21.9. The third-order valence-electron chi connectivity index (χ3n) is 6.72. The summed E-state index contributed by atoms with van der Waals surface area (Å²) in [5.74, 6) is 0.722. The van der Waals surface area contributed by atoms with Crippen molar-refractivity contribution < 1.29 is 27.4 Å². The van der Waals surface area contributed by atoms with E-state index in [0.29, 0.717) is 36.0 Å². The Balaban J connectivity index is 1.50. The zero-order chi connectivity index (χ0) is 27.9. The minimum absolute atomic E-state index is 0.0704. The van der Waals surface area contributed by atoms with Crippen molar-refractivity contribution in [1.29, 1.82) is 0 Å². The highest BCUT2D eigenvalue weighted by Crippen LogP contribution is 2.35. The number of hydrogen-bond donors (Lipinski definition) is 2. The number of nitrogens with zero attached hydrogens (tertiary/aromatic N) is 2. The number of nitrogens with one attached hydrogen (secondary N) is 2. The van der Waals surface area contributed by atoms with Gasteiger partial charge in [-0.3, -0.25) is 4.79 Å². The molecular weight excluding hydrogens is 532 g/mol. The third kappa shape index (κ3) is 5.03. The van der Waals surface area contributed by atoms with Crippen LogP contribution in [0.1, 0.15) is 33.2 Å². The molecule has 3 heterocycles. The van der Waals surface area contributed by atoms with Crippen LogP contribution in [0.25, 0.3) is 11.3 Å². The second-order valence-electron chi connectivity index (χ2n) is 9.53. The summed E-state index contributed by atoms with van der Waals surface area (Å²) in [5, 5.41) is 2.86. The first-order chi connectivity index (χ1) is 19.3. The molecule has 1 unspecified atom stereocenters. The largest absolute Gasteiger partial charge is 0.486 e. The van der Waals surface area contributed by atoms with E-state index in [-0.39, 0.29) is 28.8 Å². The number of fused-ring (bicyclic) bond motifs is 5. The normalized spacial score (nSPS) is 17.6. The second kappa shape index (κ2) is 10.2. The molecule has 4 bridgehead atoms. The molecule has 11 heteroatoms. The lowest BCUT2D eigenvalue weighted by atomic mass is 10.00. The monoisotopic (exact) mass is 558 g/mol. The minimum Gasteiger partial charge on any atom is -0.486 e. The number of carbonyl (C=O) groups excluding carboxylic acids is 1. The lowest BCUT2D eigenvalue weighted by Crippen LogP contribution is -2.31. The van der Waals surface area contributed by atoms with Crippen LogP contribution >= 0.6 is 0 Å². The van der Waals surface area contributed by atoms with Crippen LogP contribution in [-0.2, 0) is 10.0 Å². The SMILES string of the molecule is Cc1cccc(C)c1-c1cc2nc(n1)NS(=O)(=O)c1cccc(c1)C(=O)NCC(c1ccc3c(c1)OCCO3)O2. The van der Waals surface area contributed by atoms with Crippen LogP contribution in [0.4, 0.5) is 5.95 Å². The molecule has 0 aliphatic carbocycles. The van der Waals surface area contributed by atoms with E-state index >= 15 is 0 Å². The minimum atomic E-state index is -4.12. The van der Waals surface area contributed by atoms with Gasteiger partial charge in [-0.2, -0.15) is 4.98 Å². The van der Waals surface area contributed by atoms with E-state index in [0.717, 1.165) is 16.7 Å². The summed E-state index contributed by atoms with van der Waals surface area (Å²) in [7, 11) is -4.12. The highest BCUT2D eigenvalue weighted by atomic mass is 32.2. The fourth-order valence-electron chi connectivity index (χ4n) is 4.78. The van der Waals surface area contributed by atoms with E-state index in [4.69, 9.17) is 14.2 Å². The van der Waals surface area contributed by atoms with Crippen LogP contribution in [0, 0.1) is 13.8 Å². The van der Waals surface area contributed by atoms with E-state index in [1.807, 2.05) is 38.1 Å². The molecule has 0 saturated heterocycles. The zero-order valence-corrected chi connectivity index (χ0v) is 22.6. The van der Waals surface area contributed by atoms with Crippen LogP contribution in [0.2, 0.25) is 0 Å². The molecule has 2 N–H and O–H groups in total. The highest BCUT2D eigenvalue weighted by Gasteiger charge is 2.25. The molecular formula is C29H26N4O6S. The summed E-state index contributed by atoms with van der Waals surface area (Å²) in [6.07, 6.45) is -0.700. The third-order valence-corrected chi connectivity index (χ3v) is 8.05. The van der Waals surface area contributed by atoms with Gasteiger partial charge in [-0.25, -0.2) is 18.1 Å². The Morgan fingerprint density at radius 2 is 1.62 bits per heavy atom. The van der Waals surface area contributed by atoms with Gasteiger partial charge in [0.2, 0.25) is 11.8 Å². The predicted octanol–water partition coefficient (Wildman–Crippen LogP) is 4.20. The topological polar surface area (TPSA) is 129 Å². The van der Waals surface area contributed by atoms with Gasteiger partial charge in [0.15, 0.2) is 11.5 Å². The number of hydrogen-bond acceptors (Lipinski definition) is 8. The molecule has 1 atom stereocenters. The van der Waals surface area contributed by atoms with E-state index < -0.39 is 22.0 Å². The standard InChI is InChI=1S/C29H26N4O6S/c1-17-5-3-6-18(2)27(17)22-15-26-32-29(31-22)33-40(35,36)21-8-4-7-20(13-21)28(34)30-16-25(39-26)19-9-10-23-24(14-19)38-12-11-37-23/h3-10,13-15,25H,11-12,16H2,1-2H3,(H,30,34)(H,31,32,33). The molecule has 0 fully saturated rings. The number of aromatic nitrogens is 2. The molecule has 6 rings (SSSR count). The fourth-order valence-corrected chi connectivity index (χ4v) is 5.77. The van der Waals surface area contributed by atoms with Gasteiger partial charge in [0.05, 0.1) is 17.1 Å². The van der Waals surface area contributed by atoms with Crippen molar-refractivity contribution in [3.63, 3.8) is 0 Å². The summed E-state index contributed by atoms with van der Waals surface area (Å²) >= 11 is 0. The van der Waals surface area contributed by atoms with Gasteiger partial charge in [-0.15, -0.1) is 0 Å². The Hall–Kier alpha value is -4.64. The van der Waals surface area contributed by atoms with Crippen LogP contribution in [0.3, 0.4) is 0 Å². The maximum Gasteiger partial charge on any atom is 0.264 e. The zero-order valence-electron chi connectivity index (χ0n) is 21.8. The Labute approximate surface area is 231 Å². The predicted molar refractivity (Wildman–Crippen MR) is 147 cm³/mol. The molecule has 204 valence electrons. The Morgan fingerprint density at radius 1 is 0.875 bits per heavy atom. The van der Waals surface area contributed by atoms with Gasteiger partial charge in [-0.05, 0) is 60.9 Å². The van der Waals surface area contributed by atoms with Gasteiger partial charge in [0.25, 0.3) is 15.9 Å². The van der Waals surface area contributed by atoms with Crippen LogP contribution < -0.4 is 24.2 Å². The first kappa shape index (κ1) is 25.6. The van der Waals surface area contributed by atoms with Crippen molar-refractivity contribution >= 4 is 21.9 Å². The van der Waals surface area contributed by atoms with E-state index in [9.17, 15) is 13.2 Å². The summed E-state index contributed by atoms with van der Waals surface area (Å²) in [6.45, 7) is 4.86. The van der Waals surface area contributed by atoms with Gasteiger partial charge >= 0.3 is 0 Å². The lowest BCUT2D eigenvalue weighted by molar-refractivity contribution is 0.0925. The molecule has 2 aliphatic rings. The Kier molecular flexibility index (Phi) is 6.51. The average molecular weight is 559 g/mol. The smallest absolute Gasteiger partial charge is 0.264 e. The number of aryl methyl sites for hydroxylation is 2. The van der Waals surface area contributed by atoms with Crippen molar-refractivity contribution in [2.24, 2.45) is 0 Å². The fraction of sp³-hybridized carbons (Fsp3) is 0.207. The molecule has 3 aromatic carbocycles. The van der Waals surface area contributed by atoms with Crippen molar-refractivity contribution in [2.45, 2.75) is 24.8 Å². The van der Waals surface area contributed by atoms with Gasteiger partial charge in [0, 0.05) is 17.2 Å². The number of amides is 1. The van der Waals surface area contributed by atoms with E-state index in [1.54, 1.807) is 24.3 Å². The summed E-state index contributed by atoms with van der Waals surface area (Å²) in [6, 6.07) is 18.7. The number of rotatable bonds is 2. The Bertz CT molecular complexity index is 1720. The Morgan fingerprint density at radius 3 is 2.42 bits per heavy atom. The van der Waals surface area contributed by atoms with Crippen molar-refractivity contribution in [2.75, 3.05) is 24.5 Å². The average Bonchev–Trinajstić information content (AvgIpc) is 2.94.